The van der Waals surface area contributed by atoms with E-state index < -0.39 is 4.92 Å². The van der Waals surface area contributed by atoms with Gasteiger partial charge < -0.3 is 10.6 Å². The van der Waals surface area contributed by atoms with Gasteiger partial charge in [0, 0.05) is 36.5 Å². The molecule has 28 heavy (non-hydrogen) atoms. The zero-order valence-corrected chi connectivity index (χ0v) is 15.6. The van der Waals surface area contributed by atoms with Gasteiger partial charge in [0.1, 0.15) is 0 Å². The molecule has 0 unspecified atom stereocenters. The van der Waals surface area contributed by atoms with Gasteiger partial charge in [0.25, 0.3) is 5.69 Å². The van der Waals surface area contributed by atoms with E-state index in [1.54, 1.807) is 12.1 Å². The van der Waals surface area contributed by atoms with Gasteiger partial charge in [0.2, 0.25) is 11.1 Å². The normalized spacial score (nSPS) is 10.4. The minimum atomic E-state index is -0.446. The number of aromatic amines is 1. The molecule has 0 spiro atoms. The van der Waals surface area contributed by atoms with Crippen LogP contribution in [0.1, 0.15) is 0 Å². The molecule has 0 aliphatic heterocycles. The second-order valence-electron chi connectivity index (χ2n) is 5.70. The van der Waals surface area contributed by atoms with Crippen LogP contribution in [0.25, 0.3) is 11.4 Å². The number of amides is 1. The molecule has 10 heteroatoms. The first kappa shape index (κ1) is 19.4. The topological polar surface area (TPSA) is 126 Å². The van der Waals surface area contributed by atoms with E-state index in [2.05, 4.69) is 25.8 Å². The smallest absolute Gasteiger partial charge is 0.269 e. The standard InChI is InChI=1S/C18H18N6O3S/c25-16(20-11-10-19-14-6-8-15(9-7-14)24(26)27)12-28-18-21-17(22-23-18)13-4-2-1-3-5-13/h1-9,19H,10-12H2,(H,20,25)(H,21,22,23). The highest BCUT2D eigenvalue weighted by Crippen LogP contribution is 2.18. The minimum absolute atomic E-state index is 0.0401. The van der Waals surface area contributed by atoms with Crippen LogP contribution in [0.2, 0.25) is 0 Å². The second kappa shape index (κ2) is 9.51. The van der Waals surface area contributed by atoms with Gasteiger partial charge in [-0.05, 0) is 12.1 Å². The predicted octanol–water partition coefficient (Wildman–Crippen LogP) is 2.70. The van der Waals surface area contributed by atoms with Crippen molar-refractivity contribution in [3.8, 4) is 11.4 Å². The van der Waals surface area contributed by atoms with Gasteiger partial charge >= 0.3 is 0 Å². The van der Waals surface area contributed by atoms with Gasteiger partial charge in [-0.15, -0.1) is 5.10 Å². The molecule has 0 fully saturated rings. The van der Waals surface area contributed by atoms with Crippen LogP contribution >= 0.6 is 11.8 Å². The molecule has 1 aromatic heterocycles. The largest absolute Gasteiger partial charge is 0.383 e. The van der Waals surface area contributed by atoms with Crippen LogP contribution < -0.4 is 10.6 Å². The number of benzene rings is 2. The number of nitrogens with one attached hydrogen (secondary N) is 3. The molecule has 1 heterocycles. The van der Waals surface area contributed by atoms with Crippen LogP contribution in [0, 0.1) is 10.1 Å². The van der Waals surface area contributed by atoms with Crippen molar-refractivity contribution in [2.45, 2.75) is 5.16 Å². The van der Waals surface area contributed by atoms with Gasteiger partial charge in [-0.1, -0.05) is 42.1 Å². The van der Waals surface area contributed by atoms with Crippen LogP contribution in [0.3, 0.4) is 0 Å². The highest BCUT2D eigenvalue weighted by molar-refractivity contribution is 7.99. The molecule has 9 nitrogen and oxygen atoms in total. The fraction of sp³-hybridized carbons (Fsp3) is 0.167. The molecule has 3 N–H and O–H groups in total. The lowest BCUT2D eigenvalue weighted by Gasteiger charge is -2.07. The number of carbonyl (C=O) groups is 1. The van der Waals surface area contributed by atoms with E-state index in [1.807, 2.05) is 30.3 Å². The zero-order chi connectivity index (χ0) is 19.8. The summed E-state index contributed by atoms with van der Waals surface area (Å²) in [6, 6.07) is 15.7. The molecule has 0 bridgehead atoms. The highest BCUT2D eigenvalue weighted by atomic mass is 32.2. The number of H-pyrrole nitrogens is 1. The molecule has 3 rings (SSSR count). The molecule has 0 aliphatic carbocycles. The van der Waals surface area contributed by atoms with E-state index in [0.29, 0.717) is 24.1 Å². The Kier molecular flexibility index (Phi) is 6.58. The average Bonchev–Trinajstić information content (AvgIpc) is 3.20. The quantitative estimate of drug-likeness (QED) is 0.219. The highest BCUT2D eigenvalue weighted by Gasteiger charge is 2.09. The maximum absolute atomic E-state index is 11.9. The predicted molar refractivity (Wildman–Crippen MR) is 107 cm³/mol. The molecule has 1 amide bonds. The molecular formula is C18H18N6O3S. The summed E-state index contributed by atoms with van der Waals surface area (Å²) in [6.07, 6.45) is 0. The Bertz CT molecular complexity index is 930. The lowest BCUT2D eigenvalue weighted by molar-refractivity contribution is -0.384. The molecule has 0 aliphatic rings. The first-order chi connectivity index (χ1) is 13.6. The van der Waals surface area contributed by atoms with Crippen molar-refractivity contribution in [1.29, 1.82) is 0 Å². The number of rotatable bonds is 9. The summed E-state index contributed by atoms with van der Waals surface area (Å²) in [5.74, 6) is 0.751. The van der Waals surface area contributed by atoms with Crippen molar-refractivity contribution < 1.29 is 9.72 Å². The maximum Gasteiger partial charge on any atom is 0.269 e. The summed E-state index contributed by atoms with van der Waals surface area (Å²) in [5.41, 5.74) is 1.73. The third-order valence-corrected chi connectivity index (χ3v) is 4.55. The van der Waals surface area contributed by atoms with Gasteiger partial charge in [0.05, 0.1) is 10.7 Å². The SMILES string of the molecule is O=C(CSc1n[nH]c(-c2ccccc2)n1)NCCNc1ccc([N+](=O)[O-])cc1. The van der Waals surface area contributed by atoms with Crippen LogP contribution in [-0.2, 0) is 4.79 Å². The third-order valence-electron chi connectivity index (χ3n) is 3.70. The number of anilines is 1. The van der Waals surface area contributed by atoms with Gasteiger partial charge in [-0.3, -0.25) is 20.0 Å². The van der Waals surface area contributed by atoms with Crippen LogP contribution in [0.15, 0.2) is 59.8 Å². The average molecular weight is 398 g/mol. The number of nitro groups is 1. The van der Waals surface area contributed by atoms with E-state index in [1.165, 1.54) is 23.9 Å². The van der Waals surface area contributed by atoms with Crippen molar-refractivity contribution >= 4 is 29.0 Å². The molecule has 0 saturated carbocycles. The Morgan fingerprint density at radius 3 is 2.57 bits per heavy atom. The Balaban J connectivity index is 1.36. The summed E-state index contributed by atoms with van der Waals surface area (Å²) in [7, 11) is 0. The monoisotopic (exact) mass is 398 g/mol. The van der Waals surface area contributed by atoms with E-state index >= 15 is 0 Å². The van der Waals surface area contributed by atoms with Crippen molar-refractivity contribution in [3.63, 3.8) is 0 Å². The first-order valence-corrected chi connectivity index (χ1v) is 9.46. The van der Waals surface area contributed by atoms with E-state index in [-0.39, 0.29) is 17.3 Å². The fourth-order valence-corrected chi connectivity index (χ4v) is 2.96. The lowest BCUT2D eigenvalue weighted by atomic mass is 10.2. The Hall–Kier alpha value is -3.40. The van der Waals surface area contributed by atoms with Gasteiger partial charge in [-0.25, -0.2) is 4.98 Å². The van der Waals surface area contributed by atoms with Crippen LogP contribution in [0.4, 0.5) is 11.4 Å². The number of hydrogen-bond acceptors (Lipinski definition) is 7. The number of nitrogens with zero attached hydrogens (tertiary/aromatic N) is 3. The molecule has 2 aromatic carbocycles. The van der Waals surface area contributed by atoms with E-state index in [4.69, 9.17) is 0 Å². The Morgan fingerprint density at radius 1 is 1.11 bits per heavy atom. The number of non-ortho nitro benzene ring substituents is 1. The van der Waals surface area contributed by atoms with Crippen LogP contribution in [0.5, 0.6) is 0 Å². The minimum Gasteiger partial charge on any atom is -0.383 e. The molecule has 0 radical (unpaired) electrons. The summed E-state index contributed by atoms with van der Waals surface area (Å²) in [4.78, 5) is 26.5. The molecule has 0 saturated heterocycles. The Morgan fingerprint density at radius 2 is 1.86 bits per heavy atom. The molecule has 3 aromatic rings. The molecule has 0 atom stereocenters. The van der Waals surface area contributed by atoms with Crippen LogP contribution in [-0.4, -0.2) is 44.9 Å². The summed E-state index contributed by atoms with van der Waals surface area (Å²) in [5, 5.41) is 24.0. The van der Waals surface area contributed by atoms with Crippen molar-refractivity contribution in [2.24, 2.45) is 0 Å². The Labute approximate surface area is 165 Å². The fourth-order valence-electron chi connectivity index (χ4n) is 2.33. The van der Waals surface area contributed by atoms with E-state index in [0.717, 1.165) is 11.3 Å². The summed E-state index contributed by atoms with van der Waals surface area (Å²) in [6.45, 7) is 0.937. The van der Waals surface area contributed by atoms with Crippen molar-refractivity contribution in [2.75, 3.05) is 24.2 Å². The van der Waals surface area contributed by atoms with Gasteiger partial charge in [-0.2, -0.15) is 0 Å². The number of hydrogen-bond donors (Lipinski definition) is 3. The molecular weight excluding hydrogens is 380 g/mol. The number of aromatic nitrogens is 3. The third kappa shape index (κ3) is 5.55. The van der Waals surface area contributed by atoms with E-state index in [9.17, 15) is 14.9 Å². The lowest BCUT2D eigenvalue weighted by Crippen LogP contribution is -2.30. The summed E-state index contributed by atoms with van der Waals surface area (Å²) < 4.78 is 0. The van der Waals surface area contributed by atoms with Gasteiger partial charge in [0.15, 0.2) is 5.82 Å². The second-order valence-corrected chi connectivity index (χ2v) is 6.64. The molecule has 144 valence electrons. The number of nitro benzene ring substituents is 1. The van der Waals surface area contributed by atoms with Crippen molar-refractivity contribution in [1.82, 2.24) is 20.5 Å². The number of thioether (sulfide) groups is 1. The number of carbonyl (C=O) groups excluding carboxylic acids is 1. The summed E-state index contributed by atoms with van der Waals surface area (Å²) >= 11 is 1.25. The zero-order valence-electron chi connectivity index (χ0n) is 14.8. The first-order valence-electron chi connectivity index (χ1n) is 8.47. The maximum atomic E-state index is 11.9. The van der Waals surface area contributed by atoms with Crippen molar-refractivity contribution in [3.05, 3.63) is 64.7 Å².